The lowest BCUT2D eigenvalue weighted by molar-refractivity contribution is -0.135. The second-order valence-electron chi connectivity index (χ2n) is 2.82. The van der Waals surface area contributed by atoms with Crippen molar-refractivity contribution >= 4 is 23.1 Å². The van der Waals surface area contributed by atoms with Crippen molar-refractivity contribution in [3.63, 3.8) is 0 Å². The van der Waals surface area contributed by atoms with E-state index in [1.54, 1.807) is 6.07 Å². The van der Waals surface area contributed by atoms with Gasteiger partial charge < -0.3 is 4.74 Å². The van der Waals surface area contributed by atoms with E-state index in [2.05, 4.69) is 0 Å². The molecule has 1 heterocycles. The highest BCUT2D eigenvalue weighted by Crippen LogP contribution is 2.25. The van der Waals surface area contributed by atoms with Gasteiger partial charge in [-0.2, -0.15) is 0 Å². The molecule has 0 aliphatic carbocycles. The fraction of sp³-hybridized carbons (Fsp3) is 0.100. The quantitative estimate of drug-likeness (QED) is 0.643. The Morgan fingerprint density at radius 1 is 1.38 bits per heavy atom. The summed E-state index contributed by atoms with van der Waals surface area (Å²) in [6, 6.07) is 7.36. The standard InChI is InChI=1S/C10H7ClO2/c11-9-3-1-2-7(4-9)8-5-10(12)13-6-8/h1-4,6H,5H2. The molecule has 0 atom stereocenters. The van der Waals surface area contributed by atoms with Gasteiger partial charge in [0.15, 0.2) is 0 Å². The number of carbonyl (C=O) groups excluding carboxylic acids is 1. The van der Waals surface area contributed by atoms with Crippen LogP contribution < -0.4 is 0 Å². The van der Waals surface area contributed by atoms with Crippen LogP contribution in [0.3, 0.4) is 0 Å². The van der Waals surface area contributed by atoms with Crippen LogP contribution in [0.25, 0.3) is 5.57 Å². The van der Waals surface area contributed by atoms with E-state index in [0.29, 0.717) is 11.4 Å². The van der Waals surface area contributed by atoms with E-state index in [1.165, 1.54) is 6.26 Å². The molecule has 0 N–H and O–H groups in total. The van der Waals surface area contributed by atoms with Gasteiger partial charge >= 0.3 is 5.97 Å². The molecule has 0 bridgehead atoms. The number of cyclic esters (lactones) is 1. The molecular weight excluding hydrogens is 188 g/mol. The van der Waals surface area contributed by atoms with Crippen molar-refractivity contribution in [1.82, 2.24) is 0 Å². The smallest absolute Gasteiger partial charge is 0.315 e. The summed E-state index contributed by atoms with van der Waals surface area (Å²) in [5, 5.41) is 0.665. The third-order valence-electron chi connectivity index (χ3n) is 1.86. The Morgan fingerprint density at radius 3 is 2.85 bits per heavy atom. The van der Waals surface area contributed by atoms with E-state index in [-0.39, 0.29) is 5.97 Å². The van der Waals surface area contributed by atoms with Gasteiger partial charge in [0, 0.05) is 10.6 Å². The van der Waals surface area contributed by atoms with Crippen molar-refractivity contribution in [3.8, 4) is 0 Å². The Bertz CT molecular complexity index is 382. The second kappa shape index (κ2) is 3.23. The van der Waals surface area contributed by atoms with Crippen molar-refractivity contribution in [1.29, 1.82) is 0 Å². The molecule has 0 saturated heterocycles. The molecular formula is C10H7ClO2. The van der Waals surface area contributed by atoms with E-state index in [0.717, 1.165) is 11.1 Å². The minimum Gasteiger partial charge on any atom is -0.434 e. The lowest BCUT2D eigenvalue weighted by Crippen LogP contribution is -1.90. The fourth-order valence-electron chi connectivity index (χ4n) is 1.23. The number of carbonyl (C=O) groups is 1. The summed E-state index contributed by atoms with van der Waals surface area (Å²) in [5.74, 6) is -0.213. The predicted octanol–water partition coefficient (Wildman–Crippen LogP) is 2.63. The molecule has 3 heteroatoms. The predicted molar refractivity (Wildman–Crippen MR) is 50.1 cm³/mol. The third-order valence-corrected chi connectivity index (χ3v) is 2.10. The zero-order chi connectivity index (χ0) is 9.26. The summed E-state index contributed by atoms with van der Waals surface area (Å²) < 4.78 is 4.72. The Hall–Kier alpha value is -1.28. The zero-order valence-electron chi connectivity index (χ0n) is 6.79. The average molecular weight is 195 g/mol. The van der Waals surface area contributed by atoms with Crippen LogP contribution in [0.5, 0.6) is 0 Å². The van der Waals surface area contributed by atoms with E-state index >= 15 is 0 Å². The molecule has 0 fully saturated rings. The molecule has 2 nitrogen and oxygen atoms in total. The monoisotopic (exact) mass is 194 g/mol. The Labute approximate surface area is 80.8 Å². The molecule has 1 aliphatic rings. The fourth-order valence-corrected chi connectivity index (χ4v) is 1.42. The molecule has 0 radical (unpaired) electrons. The normalized spacial score (nSPS) is 15.5. The first-order chi connectivity index (χ1) is 6.25. The summed E-state index contributed by atoms with van der Waals surface area (Å²) >= 11 is 5.81. The van der Waals surface area contributed by atoms with Gasteiger partial charge in [0.25, 0.3) is 0 Å². The highest BCUT2D eigenvalue weighted by atomic mass is 35.5. The average Bonchev–Trinajstić information content (AvgIpc) is 2.52. The van der Waals surface area contributed by atoms with Crippen molar-refractivity contribution in [2.75, 3.05) is 0 Å². The number of hydrogen-bond donors (Lipinski definition) is 0. The molecule has 1 aromatic carbocycles. The van der Waals surface area contributed by atoms with Crippen molar-refractivity contribution in [2.45, 2.75) is 6.42 Å². The highest BCUT2D eigenvalue weighted by molar-refractivity contribution is 6.30. The summed E-state index contributed by atoms with van der Waals surface area (Å²) in [4.78, 5) is 10.8. The van der Waals surface area contributed by atoms with E-state index in [1.807, 2.05) is 18.2 Å². The van der Waals surface area contributed by atoms with Gasteiger partial charge in [-0.3, -0.25) is 4.79 Å². The maximum atomic E-state index is 10.8. The molecule has 0 unspecified atom stereocenters. The van der Waals surface area contributed by atoms with Gasteiger partial charge in [0.05, 0.1) is 12.7 Å². The molecule has 0 saturated carbocycles. The third kappa shape index (κ3) is 1.73. The second-order valence-corrected chi connectivity index (χ2v) is 3.26. The zero-order valence-corrected chi connectivity index (χ0v) is 7.54. The maximum absolute atomic E-state index is 10.8. The number of halogens is 1. The molecule has 66 valence electrons. The van der Waals surface area contributed by atoms with Crippen LogP contribution >= 0.6 is 11.6 Å². The Kier molecular flexibility index (Phi) is 2.07. The van der Waals surface area contributed by atoms with Crippen LogP contribution in [0.15, 0.2) is 30.5 Å². The van der Waals surface area contributed by atoms with Crippen molar-refractivity contribution in [2.24, 2.45) is 0 Å². The minimum atomic E-state index is -0.213. The van der Waals surface area contributed by atoms with Crippen LogP contribution in [0.1, 0.15) is 12.0 Å². The Morgan fingerprint density at radius 2 is 2.23 bits per heavy atom. The first-order valence-electron chi connectivity index (χ1n) is 3.90. The Balaban J connectivity index is 2.31. The molecule has 0 amide bonds. The molecule has 13 heavy (non-hydrogen) atoms. The van der Waals surface area contributed by atoms with Gasteiger partial charge in [0.1, 0.15) is 0 Å². The van der Waals surface area contributed by atoms with Crippen LogP contribution in [0.2, 0.25) is 5.02 Å². The highest BCUT2D eigenvalue weighted by Gasteiger charge is 2.15. The first kappa shape index (κ1) is 8.32. The number of ether oxygens (including phenoxy) is 1. The topological polar surface area (TPSA) is 26.3 Å². The van der Waals surface area contributed by atoms with Gasteiger partial charge in [0.2, 0.25) is 0 Å². The first-order valence-corrected chi connectivity index (χ1v) is 4.28. The molecule has 1 aromatic rings. The number of benzene rings is 1. The SMILES string of the molecule is O=C1CC(c2cccc(Cl)c2)=CO1. The maximum Gasteiger partial charge on any atom is 0.315 e. The van der Waals surface area contributed by atoms with Crippen LogP contribution in [-0.4, -0.2) is 5.97 Å². The van der Waals surface area contributed by atoms with Gasteiger partial charge in [-0.25, -0.2) is 0 Å². The van der Waals surface area contributed by atoms with Gasteiger partial charge in [-0.05, 0) is 17.7 Å². The minimum absolute atomic E-state index is 0.213. The summed E-state index contributed by atoms with van der Waals surface area (Å²) in [5.41, 5.74) is 1.82. The van der Waals surface area contributed by atoms with Crippen LogP contribution in [0, 0.1) is 0 Å². The summed E-state index contributed by atoms with van der Waals surface area (Å²) in [6.45, 7) is 0. The number of rotatable bonds is 1. The molecule has 0 aromatic heterocycles. The van der Waals surface area contributed by atoms with E-state index in [4.69, 9.17) is 16.3 Å². The molecule has 0 spiro atoms. The lowest BCUT2D eigenvalue weighted by Gasteiger charge is -1.98. The van der Waals surface area contributed by atoms with E-state index < -0.39 is 0 Å². The van der Waals surface area contributed by atoms with Gasteiger partial charge in [-0.1, -0.05) is 23.7 Å². The molecule has 1 aliphatic heterocycles. The van der Waals surface area contributed by atoms with Gasteiger partial charge in [-0.15, -0.1) is 0 Å². The van der Waals surface area contributed by atoms with Crippen LogP contribution in [0.4, 0.5) is 0 Å². The number of esters is 1. The van der Waals surface area contributed by atoms with Crippen molar-refractivity contribution < 1.29 is 9.53 Å². The van der Waals surface area contributed by atoms with E-state index in [9.17, 15) is 4.79 Å². The number of hydrogen-bond acceptors (Lipinski definition) is 2. The molecule has 2 rings (SSSR count). The summed E-state index contributed by atoms with van der Waals surface area (Å²) in [6.07, 6.45) is 1.81. The largest absolute Gasteiger partial charge is 0.434 e. The summed E-state index contributed by atoms with van der Waals surface area (Å²) in [7, 11) is 0. The lowest BCUT2D eigenvalue weighted by atomic mass is 10.1. The van der Waals surface area contributed by atoms with Crippen molar-refractivity contribution in [3.05, 3.63) is 41.1 Å². The van der Waals surface area contributed by atoms with Crippen LogP contribution in [-0.2, 0) is 9.53 Å².